The number of hydrogen-bond acceptors (Lipinski definition) is 6. The highest BCUT2D eigenvalue weighted by Crippen LogP contribution is 2.38. The molecule has 7 nitrogen and oxygen atoms in total. The molecule has 1 amide bonds. The van der Waals surface area contributed by atoms with Crippen LogP contribution in [0.15, 0.2) is 0 Å². The van der Waals surface area contributed by atoms with Crippen LogP contribution in [0, 0.1) is 23.2 Å². The van der Waals surface area contributed by atoms with Gasteiger partial charge in [0.2, 0.25) is 0 Å². The van der Waals surface area contributed by atoms with Crippen molar-refractivity contribution in [3.63, 3.8) is 0 Å². The topological polar surface area (TPSA) is 94.1 Å². The molecule has 0 aliphatic heterocycles. The van der Waals surface area contributed by atoms with Crippen molar-refractivity contribution in [1.29, 1.82) is 0 Å². The van der Waals surface area contributed by atoms with Crippen molar-refractivity contribution in [2.75, 3.05) is 26.4 Å². The fraction of sp³-hybridized carbons (Fsp3) is 0.926. The van der Waals surface area contributed by atoms with Gasteiger partial charge < -0.3 is 24.6 Å². The summed E-state index contributed by atoms with van der Waals surface area (Å²) in [5.41, 5.74) is -0.339. The molecule has 0 bridgehead atoms. The third kappa shape index (κ3) is 14.8. The fourth-order valence-electron chi connectivity index (χ4n) is 3.96. The van der Waals surface area contributed by atoms with E-state index in [0.29, 0.717) is 37.9 Å². The lowest BCUT2D eigenvalue weighted by atomic mass is 9.72. The molecule has 3 atom stereocenters. The van der Waals surface area contributed by atoms with Crippen LogP contribution in [0.1, 0.15) is 106 Å². The molecule has 0 aliphatic carbocycles. The van der Waals surface area contributed by atoms with E-state index in [4.69, 9.17) is 14.2 Å². The van der Waals surface area contributed by atoms with Gasteiger partial charge >= 0.3 is 12.1 Å². The normalized spacial score (nSPS) is 15.1. The third-order valence-corrected chi connectivity index (χ3v) is 6.66. The number of rotatable bonds is 20. The lowest BCUT2D eigenvalue weighted by Crippen LogP contribution is -2.41. The molecule has 3 unspecified atom stereocenters. The summed E-state index contributed by atoms with van der Waals surface area (Å²) in [6.07, 6.45) is 6.60. The molecule has 0 aliphatic rings. The number of nitrogens with one attached hydrogen (secondary N) is 1. The standard InChI is InChI=1S/C27H53NO6/c1-8-10-14-23(9-2)20-34-24(29)15-12-11-13-17-33-26(31)28-16-18-32-25(30)27(7,22(5)6)19-21(3)4/h21-23,25,30H,8-20H2,1-7H3,(H,28,31). The third-order valence-electron chi connectivity index (χ3n) is 6.66. The molecule has 202 valence electrons. The Balaban J connectivity index is 3.86. The highest BCUT2D eigenvalue weighted by atomic mass is 16.6. The molecule has 0 saturated heterocycles. The summed E-state index contributed by atoms with van der Waals surface area (Å²) in [5.74, 6) is 1.04. The van der Waals surface area contributed by atoms with Crippen LogP contribution >= 0.6 is 0 Å². The van der Waals surface area contributed by atoms with Gasteiger partial charge in [-0.2, -0.15) is 0 Å². The predicted octanol–water partition coefficient (Wildman–Crippen LogP) is 6.08. The first-order valence-electron chi connectivity index (χ1n) is 13.4. The maximum Gasteiger partial charge on any atom is 0.407 e. The maximum absolute atomic E-state index is 11.9. The second-order valence-electron chi connectivity index (χ2n) is 10.5. The van der Waals surface area contributed by atoms with E-state index < -0.39 is 12.4 Å². The average Bonchev–Trinajstić information content (AvgIpc) is 2.78. The van der Waals surface area contributed by atoms with Gasteiger partial charge in [0, 0.05) is 18.4 Å². The van der Waals surface area contributed by atoms with Crippen LogP contribution in [0.25, 0.3) is 0 Å². The number of alkyl carbamates (subject to hydrolysis) is 1. The fourth-order valence-corrected chi connectivity index (χ4v) is 3.96. The molecule has 0 spiro atoms. The zero-order valence-electron chi connectivity index (χ0n) is 23.0. The summed E-state index contributed by atoms with van der Waals surface area (Å²) in [4.78, 5) is 23.7. The smallest absolute Gasteiger partial charge is 0.407 e. The Labute approximate surface area is 208 Å². The van der Waals surface area contributed by atoms with Gasteiger partial charge in [-0.1, -0.05) is 67.7 Å². The number of amides is 1. The van der Waals surface area contributed by atoms with E-state index in [0.717, 1.165) is 38.5 Å². The maximum atomic E-state index is 11.9. The largest absolute Gasteiger partial charge is 0.465 e. The molecule has 0 rings (SSSR count). The van der Waals surface area contributed by atoms with Gasteiger partial charge in [-0.15, -0.1) is 0 Å². The van der Waals surface area contributed by atoms with Crippen molar-refractivity contribution in [2.24, 2.45) is 23.2 Å². The van der Waals surface area contributed by atoms with Crippen molar-refractivity contribution in [3.05, 3.63) is 0 Å². The van der Waals surface area contributed by atoms with Crippen LogP contribution in [-0.2, 0) is 19.0 Å². The van der Waals surface area contributed by atoms with E-state index >= 15 is 0 Å². The summed E-state index contributed by atoms with van der Waals surface area (Å²) in [6.45, 7) is 16.1. The first-order valence-corrected chi connectivity index (χ1v) is 13.4. The molecule has 0 aromatic heterocycles. The van der Waals surface area contributed by atoms with Crippen molar-refractivity contribution in [1.82, 2.24) is 5.32 Å². The minimum Gasteiger partial charge on any atom is -0.465 e. The monoisotopic (exact) mass is 487 g/mol. The van der Waals surface area contributed by atoms with Gasteiger partial charge in [0.05, 0.1) is 19.8 Å². The minimum absolute atomic E-state index is 0.141. The Morgan fingerprint density at radius 1 is 0.971 bits per heavy atom. The van der Waals surface area contributed by atoms with Crippen molar-refractivity contribution in [3.8, 4) is 0 Å². The second kappa shape index (κ2) is 18.9. The molecule has 34 heavy (non-hydrogen) atoms. The van der Waals surface area contributed by atoms with Crippen LogP contribution in [-0.4, -0.2) is 49.8 Å². The quantitative estimate of drug-likeness (QED) is 0.123. The molecule has 0 aromatic carbocycles. The minimum atomic E-state index is -0.886. The van der Waals surface area contributed by atoms with Gasteiger partial charge in [-0.05, 0) is 49.9 Å². The van der Waals surface area contributed by atoms with E-state index in [2.05, 4.69) is 46.9 Å². The molecular formula is C27H53NO6. The number of esters is 1. The zero-order chi connectivity index (χ0) is 26.0. The Bertz CT molecular complexity index is 539. The van der Waals surface area contributed by atoms with Gasteiger partial charge in [-0.3, -0.25) is 4.79 Å². The Morgan fingerprint density at radius 3 is 2.26 bits per heavy atom. The van der Waals surface area contributed by atoms with E-state index in [1.807, 2.05) is 6.92 Å². The SMILES string of the molecule is CCCCC(CC)COC(=O)CCCCCOC(=O)NCCOC(O)C(C)(CC(C)C)C(C)C. The van der Waals surface area contributed by atoms with Gasteiger partial charge in [0.25, 0.3) is 0 Å². The molecule has 0 radical (unpaired) electrons. The summed E-state index contributed by atoms with van der Waals surface area (Å²) >= 11 is 0. The Morgan fingerprint density at radius 2 is 1.68 bits per heavy atom. The summed E-state index contributed by atoms with van der Waals surface area (Å²) in [7, 11) is 0. The lowest BCUT2D eigenvalue weighted by Gasteiger charge is -2.39. The molecule has 0 heterocycles. The van der Waals surface area contributed by atoms with Crippen LogP contribution in [0.3, 0.4) is 0 Å². The van der Waals surface area contributed by atoms with E-state index in [9.17, 15) is 14.7 Å². The summed E-state index contributed by atoms with van der Waals surface area (Å²) < 4.78 is 16.2. The number of aliphatic hydroxyl groups is 1. The zero-order valence-corrected chi connectivity index (χ0v) is 23.0. The van der Waals surface area contributed by atoms with Crippen molar-refractivity contribution >= 4 is 12.1 Å². The number of carbonyl (C=O) groups is 2. The molecule has 2 N–H and O–H groups in total. The van der Waals surface area contributed by atoms with Crippen LogP contribution in [0.2, 0.25) is 0 Å². The molecular weight excluding hydrogens is 434 g/mol. The second-order valence-corrected chi connectivity index (χ2v) is 10.5. The number of aliphatic hydroxyl groups excluding tert-OH is 1. The average molecular weight is 488 g/mol. The van der Waals surface area contributed by atoms with E-state index in [1.165, 1.54) is 6.42 Å². The lowest BCUT2D eigenvalue weighted by molar-refractivity contribution is -0.188. The van der Waals surface area contributed by atoms with Gasteiger partial charge in [0.1, 0.15) is 0 Å². The Kier molecular flexibility index (Phi) is 18.2. The van der Waals surface area contributed by atoms with Crippen LogP contribution in [0.4, 0.5) is 4.79 Å². The molecule has 0 fully saturated rings. The van der Waals surface area contributed by atoms with Gasteiger partial charge in [-0.25, -0.2) is 4.79 Å². The predicted molar refractivity (Wildman–Crippen MR) is 136 cm³/mol. The number of ether oxygens (including phenoxy) is 3. The number of carbonyl (C=O) groups excluding carboxylic acids is 2. The van der Waals surface area contributed by atoms with Gasteiger partial charge in [0.15, 0.2) is 6.29 Å². The van der Waals surface area contributed by atoms with E-state index in [1.54, 1.807) is 0 Å². The van der Waals surface area contributed by atoms with E-state index in [-0.39, 0.29) is 30.5 Å². The summed E-state index contributed by atoms with van der Waals surface area (Å²) in [5, 5.41) is 13.2. The first kappa shape index (κ1) is 32.7. The van der Waals surface area contributed by atoms with Crippen LogP contribution < -0.4 is 5.32 Å². The number of unbranched alkanes of at least 4 members (excludes halogenated alkanes) is 3. The molecule has 0 saturated carbocycles. The molecule has 7 heteroatoms. The van der Waals surface area contributed by atoms with Crippen LogP contribution in [0.5, 0.6) is 0 Å². The first-order chi connectivity index (χ1) is 16.1. The van der Waals surface area contributed by atoms with Crippen molar-refractivity contribution < 1.29 is 28.9 Å². The summed E-state index contributed by atoms with van der Waals surface area (Å²) in [6, 6.07) is 0. The highest BCUT2D eigenvalue weighted by Gasteiger charge is 2.37. The molecule has 0 aromatic rings. The number of hydrogen-bond donors (Lipinski definition) is 2. The van der Waals surface area contributed by atoms with Crippen molar-refractivity contribution in [2.45, 2.75) is 113 Å². The Hall–Kier alpha value is -1.34. The highest BCUT2D eigenvalue weighted by molar-refractivity contribution is 5.69.